The molecule has 0 radical (unpaired) electrons. The maximum Gasteiger partial charge on any atom is 0.263 e. The van der Waals surface area contributed by atoms with Crippen LogP contribution in [0.3, 0.4) is 0 Å². The Morgan fingerprint density at radius 2 is 2.25 bits per heavy atom. The molecule has 5 heteroatoms. The number of benzene rings is 1. The number of fused-ring (bicyclic) bond motifs is 1. The molecule has 1 aromatic carbocycles. The third-order valence-corrected chi connectivity index (χ3v) is 4.58. The fourth-order valence-corrected chi connectivity index (χ4v) is 3.19. The van der Waals surface area contributed by atoms with Crippen molar-refractivity contribution in [2.45, 2.75) is 32.7 Å². The van der Waals surface area contributed by atoms with Crippen LogP contribution >= 0.6 is 11.3 Å². The molecule has 108 valence electrons. The summed E-state index contributed by atoms with van der Waals surface area (Å²) in [6.45, 7) is 4.06. The maximum absolute atomic E-state index is 12.3. The second-order valence-electron chi connectivity index (χ2n) is 4.94. The lowest BCUT2D eigenvalue weighted by Gasteiger charge is -2.15. The lowest BCUT2D eigenvalue weighted by atomic mass is 10.1. The highest BCUT2D eigenvalue weighted by Crippen LogP contribution is 2.34. The first-order valence-corrected chi connectivity index (χ1v) is 7.58. The zero-order chi connectivity index (χ0) is 14.7. The summed E-state index contributed by atoms with van der Waals surface area (Å²) >= 11 is 1.41. The average molecular weight is 292 g/mol. The molecule has 1 atom stereocenters. The van der Waals surface area contributed by atoms with Crippen LogP contribution in [0.25, 0.3) is 10.1 Å². The van der Waals surface area contributed by atoms with Gasteiger partial charge in [-0.1, -0.05) is 18.6 Å². The van der Waals surface area contributed by atoms with Gasteiger partial charge < -0.3 is 16.2 Å². The number of nitrogens with two attached hydrogens (primary N) is 1. The summed E-state index contributed by atoms with van der Waals surface area (Å²) in [4.78, 5) is 12.9. The molecule has 2 aromatic rings. The van der Waals surface area contributed by atoms with E-state index >= 15 is 0 Å². The fourth-order valence-electron chi connectivity index (χ4n) is 2.18. The molecule has 1 aromatic heterocycles. The van der Waals surface area contributed by atoms with Crippen LogP contribution in [0, 0.1) is 6.92 Å². The molecule has 4 nitrogen and oxygen atoms in total. The molecule has 1 unspecified atom stereocenters. The number of carbonyl (C=O) groups excluding carboxylic acids is 1. The van der Waals surface area contributed by atoms with Gasteiger partial charge in [0.25, 0.3) is 5.91 Å². The van der Waals surface area contributed by atoms with Crippen molar-refractivity contribution in [2.24, 2.45) is 0 Å². The zero-order valence-corrected chi connectivity index (χ0v) is 12.6. The molecule has 20 heavy (non-hydrogen) atoms. The van der Waals surface area contributed by atoms with E-state index < -0.39 is 0 Å². The number of carbonyl (C=O) groups is 1. The van der Waals surface area contributed by atoms with E-state index in [2.05, 4.69) is 5.32 Å². The zero-order valence-electron chi connectivity index (χ0n) is 11.8. The van der Waals surface area contributed by atoms with Gasteiger partial charge in [-0.25, -0.2) is 0 Å². The van der Waals surface area contributed by atoms with Crippen LogP contribution in [0.4, 0.5) is 5.69 Å². The monoisotopic (exact) mass is 292 g/mol. The Labute approximate surface area is 122 Å². The number of aryl methyl sites for hydroxylation is 1. The number of anilines is 1. The number of aliphatic hydroxyl groups excluding tert-OH is 1. The molecule has 4 N–H and O–H groups in total. The molecule has 0 saturated heterocycles. The van der Waals surface area contributed by atoms with Crippen LogP contribution in [-0.2, 0) is 0 Å². The van der Waals surface area contributed by atoms with Crippen molar-refractivity contribution in [2.75, 3.05) is 12.3 Å². The largest absolute Gasteiger partial charge is 0.397 e. The maximum atomic E-state index is 12.3. The van der Waals surface area contributed by atoms with Crippen molar-refractivity contribution in [1.29, 1.82) is 0 Å². The highest BCUT2D eigenvalue weighted by Gasteiger charge is 2.18. The molecule has 0 aliphatic heterocycles. The first-order valence-electron chi connectivity index (χ1n) is 6.77. The van der Waals surface area contributed by atoms with Gasteiger partial charge in [0.15, 0.2) is 0 Å². The minimum atomic E-state index is -0.151. The average Bonchev–Trinajstić information content (AvgIpc) is 2.75. The topological polar surface area (TPSA) is 75.3 Å². The van der Waals surface area contributed by atoms with Gasteiger partial charge in [-0.2, -0.15) is 0 Å². The van der Waals surface area contributed by atoms with E-state index in [1.165, 1.54) is 11.3 Å². The van der Waals surface area contributed by atoms with Gasteiger partial charge in [-0.15, -0.1) is 11.3 Å². The minimum absolute atomic E-state index is 0.0150. The molecule has 0 saturated carbocycles. The fraction of sp³-hybridized carbons (Fsp3) is 0.400. The summed E-state index contributed by atoms with van der Waals surface area (Å²) in [5, 5.41) is 12.8. The van der Waals surface area contributed by atoms with E-state index in [9.17, 15) is 4.79 Å². The number of hydrogen-bond donors (Lipinski definition) is 3. The van der Waals surface area contributed by atoms with Gasteiger partial charge in [-0.05, 0) is 31.9 Å². The second-order valence-corrected chi connectivity index (χ2v) is 5.99. The highest BCUT2D eigenvalue weighted by molar-refractivity contribution is 7.21. The van der Waals surface area contributed by atoms with Gasteiger partial charge in [-0.3, -0.25) is 4.79 Å². The smallest absolute Gasteiger partial charge is 0.263 e. The quantitative estimate of drug-likeness (QED) is 0.793. The van der Waals surface area contributed by atoms with E-state index in [1.807, 2.05) is 32.0 Å². The van der Waals surface area contributed by atoms with Crippen molar-refractivity contribution in [3.63, 3.8) is 0 Å². The number of rotatable bonds is 5. The Kier molecular flexibility index (Phi) is 4.62. The molecule has 0 spiro atoms. The molecular formula is C15H20N2O2S. The summed E-state index contributed by atoms with van der Waals surface area (Å²) in [5.41, 5.74) is 7.77. The van der Waals surface area contributed by atoms with Crippen molar-refractivity contribution in [1.82, 2.24) is 5.32 Å². The van der Waals surface area contributed by atoms with Gasteiger partial charge >= 0.3 is 0 Å². The number of nitrogens with one attached hydrogen (secondary N) is 1. The Morgan fingerprint density at radius 3 is 2.90 bits per heavy atom. The minimum Gasteiger partial charge on any atom is -0.397 e. The lowest BCUT2D eigenvalue weighted by Crippen LogP contribution is -2.34. The Morgan fingerprint density at radius 1 is 1.50 bits per heavy atom. The van der Waals surface area contributed by atoms with Crippen LogP contribution in [0.2, 0.25) is 0 Å². The first-order chi connectivity index (χ1) is 9.56. The highest BCUT2D eigenvalue weighted by atomic mass is 32.1. The van der Waals surface area contributed by atoms with E-state index in [1.54, 1.807) is 0 Å². The molecule has 2 rings (SSSR count). The standard InChI is InChI=1S/C15H20N2O2S/c1-3-10(6-7-18)17-15(19)14-13(16)11-8-9(2)4-5-12(11)20-14/h4-5,8,10,18H,3,6-7,16H2,1-2H3,(H,17,19). The van der Waals surface area contributed by atoms with Crippen LogP contribution in [-0.4, -0.2) is 23.7 Å². The van der Waals surface area contributed by atoms with Crippen molar-refractivity contribution in [3.05, 3.63) is 28.6 Å². The van der Waals surface area contributed by atoms with E-state index in [4.69, 9.17) is 10.8 Å². The number of aliphatic hydroxyl groups is 1. The Bertz CT molecular complexity index is 622. The lowest BCUT2D eigenvalue weighted by molar-refractivity contribution is 0.0934. The normalized spacial score (nSPS) is 12.6. The molecule has 0 aliphatic carbocycles. The predicted molar refractivity (Wildman–Crippen MR) is 84.2 cm³/mol. The van der Waals surface area contributed by atoms with Crippen LogP contribution in [0.5, 0.6) is 0 Å². The number of hydrogen-bond acceptors (Lipinski definition) is 4. The molecule has 1 amide bonds. The molecule has 0 bridgehead atoms. The number of thiophene rings is 1. The van der Waals surface area contributed by atoms with Gasteiger partial charge in [0.2, 0.25) is 0 Å². The van der Waals surface area contributed by atoms with Gasteiger partial charge in [0.1, 0.15) is 4.88 Å². The molecule has 0 aliphatic rings. The van der Waals surface area contributed by atoms with E-state index in [0.717, 1.165) is 22.1 Å². The number of nitrogen functional groups attached to an aromatic ring is 1. The van der Waals surface area contributed by atoms with Crippen LogP contribution in [0.15, 0.2) is 18.2 Å². The molecule has 0 fully saturated rings. The predicted octanol–water partition coefficient (Wildman–Crippen LogP) is 2.68. The van der Waals surface area contributed by atoms with E-state index in [-0.39, 0.29) is 18.6 Å². The first kappa shape index (κ1) is 14.8. The molecular weight excluding hydrogens is 272 g/mol. The van der Waals surface area contributed by atoms with Crippen molar-refractivity contribution in [3.8, 4) is 0 Å². The van der Waals surface area contributed by atoms with Crippen LogP contribution in [0.1, 0.15) is 35.0 Å². The molecule has 1 heterocycles. The summed E-state index contributed by atoms with van der Waals surface area (Å²) in [7, 11) is 0. The van der Waals surface area contributed by atoms with Crippen molar-refractivity contribution >= 4 is 33.0 Å². The summed E-state index contributed by atoms with van der Waals surface area (Å²) in [6, 6.07) is 6.00. The van der Waals surface area contributed by atoms with Gasteiger partial charge in [0, 0.05) is 22.7 Å². The van der Waals surface area contributed by atoms with Gasteiger partial charge in [0.05, 0.1) is 5.69 Å². The Hall–Kier alpha value is -1.59. The summed E-state index contributed by atoms with van der Waals surface area (Å²) < 4.78 is 1.02. The number of amides is 1. The SMILES string of the molecule is CCC(CCO)NC(=O)c1sc2ccc(C)cc2c1N. The van der Waals surface area contributed by atoms with E-state index in [0.29, 0.717) is 17.0 Å². The van der Waals surface area contributed by atoms with Crippen molar-refractivity contribution < 1.29 is 9.90 Å². The second kappa shape index (κ2) is 6.24. The Balaban J connectivity index is 2.28. The summed E-state index contributed by atoms with van der Waals surface area (Å²) in [5.74, 6) is -0.151. The third-order valence-electron chi connectivity index (χ3n) is 3.39. The summed E-state index contributed by atoms with van der Waals surface area (Å²) in [6.07, 6.45) is 1.35. The third kappa shape index (κ3) is 2.94. The van der Waals surface area contributed by atoms with Crippen LogP contribution < -0.4 is 11.1 Å².